The van der Waals surface area contributed by atoms with Crippen molar-refractivity contribution in [2.24, 2.45) is 0 Å². The van der Waals surface area contributed by atoms with Crippen LogP contribution in [0.1, 0.15) is 22.3 Å². The van der Waals surface area contributed by atoms with Crippen molar-refractivity contribution in [2.75, 3.05) is 9.80 Å². The number of hydrogen-bond donors (Lipinski definition) is 0. The lowest BCUT2D eigenvalue weighted by Gasteiger charge is -2.31. The van der Waals surface area contributed by atoms with Crippen molar-refractivity contribution in [3.05, 3.63) is 156 Å². The van der Waals surface area contributed by atoms with Crippen molar-refractivity contribution < 1.29 is 17.1 Å². The minimum absolute atomic E-state index is 0.836. The summed E-state index contributed by atoms with van der Waals surface area (Å²) in [6.45, 7) is 30.4. The van der Waals surface area contributed by atoms with Crippen molar-refractivity contribution in [2.45, 2.75) is 93.2 Å². The summed E-state index contributed by atoms with van der Waals surface area (Å²) in [7, 11) is -8.13. The lowest BCUT2D eigenvalue weighted by Crippen LogP contribution is -2.47. The molecule has 314 valence electrons. The van der Waals surface area contributed by atoms with Gasteiger partial charge in [0, 0.05) is 34.1 Å². The van der Waals surface area contributed by atoms with Gasteiger partial charge in [-0.3, -0.25) is 0 Å². The molecule has 10 heteroatoms. The second kappa shape index (κ2) is 17.7. The van der Waals surface area contributed by atoms with E-state index in [0.29, 0.717) is 0 Å². The summed E-state index contributed by atoms with van der Waals surface area (Å²) in [5.74, 6) is 1.67. The Morgan fingerprint density at radius 1 is 0.317 bits per heavy atom. The van der Waals surface area contributed by atoms with Gasteiger partial charge in [-0.15, -0.1) is 0 Å². The highest BCUT2D eigenvalue weighted by Gasteiger charge is 2.34. The van der Waals surface area contributed by atoms with E-state index in [-0.39, 0.29) is 0 Å². The zero-order valence-corrected chi connectivity index (χ0v) is 42.2. The number of hydrogen-bond acceptors (Lipinski definition) is 6. The lowest BCUT2D eigenvalue weighted by molar-refractivity contribution is 0.396. The fraction of sp³-hybridized carbons (Fsp3) is 0.280. The van der Waals surface area contributed by atoms with Gasteiger partial charge in [-0.25, -0.2) is 0 Å². The Morgan fingerprint density at radius 3 is 0.850 bits per heavy atom. The molecule has 0 fully saturated rings. The van der Waals surface area contributed by atoms with E-state index in [1.165, 1.54) is 22.3 Å². The number of nitrogens with zero attached hydrogens (tertiary/aromatic N) is 2. The monoisotopic (exact) mass is 868 g/mol. The van der Waals surface area contributed by atoms with E-state index in [0.717, 1.165) is 56.8 Å². The zero-order valence-electron chi connectivity index (χ0n) is 38.2. The van der Waals surface area contributed by atoms with Crippen LogP contribution in [0.4, 0.5) is 34.1 Å². The SMILES string of the molecule is Cc1ccc(N(c2ccc(O[Si](C)(C)O[Si](C)(C)C)cc2)c2ccc(-c3ccc(N(c4ccc(O[Si](C)(C)O[Si](C)(C)C)cc4)c4ccc(C)c(C)c4)cc3)cc2)cc1C. The summed E-state index contributed by atoms with van der Waals surface area (Å²) in [4.78, 5) is 4.62. The predicted molar refractivity (Wildman–Crippen MR) is 265 cm³/mol. The third-order valence-electron chi connectivity index (χ3n) is 10.1. The van der Waals surface area contributed by atoms with Crippen molar-refractivity contribution >= 4 is 67.9 Å². The van der Waals surface area contributed by atoms with Gasteiger partial charge in [-0.1, -0.05) is 36.4 Å². The van der Waals surface area contributed by atoms with Crippen LogP contribution in [0.25, 0.3) is 11.1 Å². The fourth-order valence-electron chi connectivity index (χ4n) is 7.64. The average Bonchev–Trinajstić information content (AvgIpc) is 3.14. The Morgan fingerprint density at radius 2 is 0.583 bits per heavy atom. The van der Waals surface area contributed by atoms with Crippen LogP contribution < -0.4 is 18.7 Å². The molecule has 0 amide bonds. The summed E-state index contributed by atoms with van der Waals surface area (Å²) in [6.07, 6.45) is 0. The first-order valence-corrected chi connectivity index (χ1v) is 33.4. The molecular formula is C50H64N2O4Si4. The molecule has 60 heavy (non-hydrogen) atoms. The van der Waals surface area contributed by atoms with Crippen LogP contribution in [0.3, 0.4) is 0 Å². The maximum Gasteiger partial charge on any atom is 0.382 e. The average molecular weight is 869 g/mol. The van der Waals surface area contributed by atoms with Gasteiger partial charge in [0.2, 0.25) is 0 Å². The third kappa shape index (κ3) is 11.8. The number of benzene rings is 6. The van der Waals surface area contributed by atoms with Crippen LogP contribution in [-0.2, 0) is 8.23 Å². The topological polar surface area (TPSA) is 43.4 Å². The molecular weight excluding hydrogens is 805 g/mol. The molecule has 0 saturated heterocycles. The number of rotatable bonds is 15. The van der Waals surface area contributed by atoms with Crippen LogP contribution in [0.2, 0.25) is 65.5 Å². The standard InChI is InChI=1S/C50H64N2O4Si4/c1-37-15-21-47(35-39(37)3)51(45-27-31-49(32-28-45)53-59(11,12)55-57(5,6)7)43-23-17-41(18-24-43)42-19-25-44(26-20-42)52(48-22-16-38(2)40(4)36-48)46-29-33-50(34-30-46)54-60(13,14)56-58(8,9)10/h15-36H,1-14H3. The molecule has 0 aliphatic rings. The van der Waals surface area contributed by atoms with Gasteiger partial charge in [0.15, 0.2) is 16.6 Å². The van der Waals surface area contributed by atoms with Crippen LogP contribution in [0.15, 0.2) is 133 Å². The van der Waals surface area contributed by atoms with E-state index >= 15 is 0 Å². The molecule has 0 aromatic heterocycles. The van der Waals surface area contributed by atoms with Crippen LogP contribution in [-0.4, -0.2) is 33.8 Å². The quantitative estimate of drug-likeness (QED) is 0.0958. The van der Waals surface area contributed by atoms with Crippen molar-refractivity contribution in [1.29, 1.82) is 0 Å². The summed E-state index contributed by atoms with van der Waals surface area (Å²) in [6, 6.07) is 47.9. The molecule has 0 atom stereocenters. The van der Waals surface area contributed by atoms with E-state index in [1.54, 1.807) is 0 Å². The second-order valence-electron chi connectivity index (χ2n) is 18.7. The molecule has 6 aromatic carbocycles. The maximum absolute atomic E-state index is 6.46. The van der Waals surface area contributed by atoms with Crippen molar-refractivity contribution in [3.8, 4) is 22.6 Å². The summed E-state index contributed by atoms with van der Waals surface area (Å²) >= 11 is 0. The van der Waals surface area contributed by atoms with Crippen LogP contribution >= 0.6 is 0 Å². The molecule has 0 aliphatic carbocycles. The fourth-order valence-corrected chi connectivity index (χ4v) is 21.2. The van der Waals surface area contributed by atoms with E-state index in [9.17, 15) is 0 Å². The Bertz CT molecular complexity index is 2220. The van der Waals surface area contributed by atoms with Gasteiger partial charge in [-0.2, -0.15) is 0 Å². The summed E-state index contributed by atoms with van der Waals surface area (Å²) < 4.78 is 25.8. The molecule has 0 N–H and O–H groups in total. The molecule has 6 aromatic rings. The smallest absolute Gasteiger partial charge is 0.382 e. The molecule has 0 bridgehead atoms. The van der Waals surface area contributed by atoms with Gasteiger partial charge in [-0.05, 0) is 224 Å². The zero-order chi connectivity index (χ0) is 43.6. The van der Waals surface area contributed by atoms with E-state index in [4.69, 9.17) is 17.1 Å². The first-order valence-electron chi connectivity index (χ1n) is 21.0. The van der Waals surface area contributed by atoms with Gasteiger partial charge < -0.3 is 26.9 Å². The minimum atomic E-state index is -2.33. The maximum atomic E-state index is 6.46. The van der Waals surface area contributed by atoms with Gasteiger partial charge >= 0.3 is 17.1 Å². The Hall–Kier alpha value is -4.69. The van der Waals surface area contributed by atoms with Crippen LogP contribution in [0.5, 0.6) is 11.5 Å². The number of anilines is 6. The third-order valence-corrected chi connectivity index (χ3v) is 20.4. The molecule has 0 heterocycles. The highest BCUT2D eigenvalue weighted by Crippen LogP contribution is 2.40. The second-order valence-corrected chi connectivity index (χ2v) is 34.8. The molecule has 6 nitrogen and oxygen atoms in total. The Labute approximate surface area is 364 Å². The molecule has 0 unspecified atom stereocenters. The highest BCUT2D eigenvalue weighted by molar-refractivity contribution is 6.82. The largest absolute Gasteiger partial charge is 0.521 e. The Kier molecular flexibility index (Phi) is 13.2. The van der Waals surface area contributed by atoms with Crippen molar-refractivity contribution in [1.82, 2.24) is 0 Å². The van der Waals surface area contributed by atoms with E-state index in [1.807, 2.05) is 0 Å². The minimum Gasteiger partial charge on any atom is -0.521 e. The van der Waals surface area contributed by atoms with E-state index in [2.05, 4.69) is 236 Å². The molecule has 0 aliphatic heterocycles. The normalized spacial score (nSPS) is 12.3. The van der Waals surface area contributed by atoms with Crippen LogP contribution in [0, 0.1) is 27.7 Å². The molecule has 0 spiro atoms. The lowest BCUT2D eigenvalue weighted by atomic mass is 10.0. The van der Waals surface area contributed by atoms with Gasteiger partial charge in [0.05, 0.1) is 0 Å². The number of aryl methyl sites for hydroxylation is 4. The van der Waals surface area contributed by atoms with Crippen molar-refractivity contribution in [3.63, 3.8) is 0 Å². The first-order chi connectivity index (χ1) is 28.0. The Balaban J connectivity index is 1.28. The van der Waals surface area contributed by atoms with Gasteiger partial charge in [0.25, 0.3) is 0 Å². The molecule has 0 radical (unpaired) electrons. The highest BCUT2D eigenvalue weighted by atomic mass is 28.4. The summed E-state index contributed by atoms with van der Waals surface area (Å²) in [5.41, 5.74) is 13.8. The van der Waals surface area contributed by atoms with Gasteiger partial charge in [0.1, 0.15) is 11.5 Å². The first kappa shape index (κ1) is 44.8. The molecule has 0 saturated carbocycles. The molecule has 6 rings (SSSR count). The van der Waals surface area contributed by atoms with E-state index < -0.39 is 33.8 Å². The predicted octanol–water partition coefficient (Wildman–Crippen LogP) is 15.4. The summed E-state index contributed by atoms with van der Waals surface area (Å²) in [5, 5.41) is 0.